The van der Waals surface area contributed by atoms with Gasteiger partial charge in [-0.15, -0.1) is 13.2 Å². The van der Waals surface area contributed by atoms with Gasteiger partial charge in [0.15, 0.2) is 0 Å². The van der Waals surface area contributed by atoms with Gasteiger partial charge in [-0.05, 0) is 41.1 Å². The van der Waals surface area contributed by atoms with Gasteiger partial charge in [0, 0.05) is 19.3 Å². The minimum absolute atomic E-state index is 0.125. The summed E-state index contributed by atoms with van der Waals surface area (Å²) in [5.41, 5.74) is 9.11. The fraction of sp³-hybridized carbons (Fsp3) is 0.263. The molecule has 2 aromatic rings. The van der Waals surface area contributed by atoms with E-state index in [-0.39, 0.29) is 13.6 Å². The van der Waals surface area contributed by atoms with Gasteiger partial charge in [-0.25, -0.2) is 0 Å². The number of nitrogens with zero attached hydrogens (tertiary/aromatic N) is 1. The first kappa shape index (κ1) is 19.3. The van der Waals surface area contributed by atoms with Gasteiger partial charge in [-0.2, -0.15) is 0 Å². The van der Waals surface area contributed by atoms with Crippen molar-refractivity contribution < 1.29 is 9.31 Å². The zero-order valence-electron chi connectivity index (χ0n) is 15.2. The van der Waals surface area contributed by atoms with E-state index in [1.54, 1.807) is 7.11 Å². The summed E-state index contributed by atoms with van der Waals surface area (Å²) in [6, 6.07) is 10.6. The lowest BCUT2D eigenvalue weighted by Gasteiger charge is -2.27. The van der Waals surface area contributed by atoms with Gasteiger partial charge in [0.05, 0.1) is 6.73 Å². The lowest BCUT2D eigenvalue weighted by Crippen LogP contribution is -2.37. The summed E-state index contributed by atoms with van der Waals surface area (Å²) in [4.78, 5) is 2.16. The van der Waals surface area contributed by atoms with E-state index in [4.69, 9.17) is 15.0 Å². The molecule has 0 saturated heterocycles. The first-order chi connectivity index (χ1) is 12.2. The van der Waals surface area contributed by atoms with Crippen molar-refractivity contribution in [3.8, 4) is 0 Å². The van der Waals surface area contributed by atoms with Gasteiger partial charge >= 0.3 is 14.5 Å². The molecule has 0 amide bonds. The van der Waals surface area contributed by atoms with Gasteiger partial charge in [-0.1, -0.05) is 36.4 Å². The molecule has 0 saturated carbocycles. The summed E-state index contributed by atoms with van der Waals surface area (Å²) in [5.74, 6) is 0. The summed E-state index contributed by atoms with van der Waals surface area (Å²) in [7, 11) is 2.19. The van der Waals surface area contributed by atoms with Crippen LogP contribution in [0.2, 0.25) is 6.32 Å². The van der Waals surface area contributed by atoms with Gasteiger partial charge in [-0.3, -0.25) is 0 Å². The third-order valence-corrected chi connectivity index (χ3v) is 4.32. The highest BCUT2D eigenvalue weighted by Crippen LogP contribution is 2.27. The number of rotatable bonds is 10. The monoisotopic (exact) mass is 336 g/mol. The van der Waals surface area contributed by atoms with E-state index in [9.17, 15) is 0 Å². The van der Waals surface area contributed by atoms with Crippen LogP contribution in [0.3, 0.4) is 0 Å². The Labute approximate surface area is 151 Å². The van der Waals surface area contributed by atoms with Crippen LogP contribution in [0.15, 0.2) is 55.6 Å². The van der Waals surface area contributed by atoms with E-state index in [1.807, 2.05) is 12.2 Å². The molecule has 0 aromatic heterocycles. The quantitative estimate of drug-likeness (QED) is 0.411. The third-order valence-electron chi connectivity index (χ3n) is 4.32. The molecule has 0 radical (unpaired) electrons. The van der Waals surface area contributed by atoms with Crippen molar-refractivity contribution in [2.24, 2.45) is 5.73 Å². The molecule has 0 aliphatic rings. The molecule has 0 bridgehead atoms. The molecule has 6 heteroatoms. The van der Waals surface area contributed by atoms with E-state index in [0.29, 0.717) is 20.5 Å². The number of benzene rings is 2. The number of aryl methyl sites for hydroxylation is 1. The molecule has 0 unspecified atom stereocenters. The molecule has 4 nitrogen and oxygen atoms in total. The van der Waals surface area contributed by atoms with E-state index >= 15 is 0 Å². The Morgan fingerprint density at radius 1 is 1.24 bits per heavy atom. The number of anilines is 1. The summed E-state index contributed by atoms with van der Waals surface area (Å²) >= 11 is 0. The molecule has 130 valence electrons. The molecule has 2 N–H and O–H groups in total. The largest absolute Gasteiger partial charge is 0.422 e. The zero-order chi connectivity index (χ0) is 18.2. The molecular weight excluding hydrogens is 310 g/mol. The van der Waals surface area contributed by atoms with Crippen LogP contribution < -0.4 is 16.0 Å². The molecule has 2 aromatic carbocycles. The highest BCUT2D eigenvalue weighted by atomic mass is 16.4. The van der Waals surface area contributed by atoms with Crippen molar-refractivity contribution in [2.75, 3.05) is 25.2 Å². The highest BCUT2D eigenvalue weighted by molar-refractivity contribution is 6.70. The Hall–Kier alpha value is -2.01. The van der Waals surface area contributed by atoms with Crippen molar-refractivity contribution in [2.45, 2.75) is 13.2 Å². The summed E-state index contributed by atoms with van der Waals surface area (Å²) in [6.07, 6.45) is 4.45. The van der Waals surface area contributed by atoms with Crippen molar-refractivity contribution in [3.05, 3.63) is 61.2 Å². The van der Waals surface area contributed by atoms with Crippen LogP contribution in [0.1, 0.15) is 5.56 Å². The van der Waals surface area contributed by atoms with Crippen LogP contribution in [0.5, 0.6) is 0 Å². The minimum atomic E-state index is -0.125. The van der Waals surface area contributed by atoms with E-state index in [0.717, 1.165) is 11.2 Å². The normalized spacial score (nSPS) is 10.5. The second-order valence-corrected chi connectivity index (χ2v) is 5.93. The SMILES string of the molecule is C=CCB(OCN)c1cc(N(BOC)CC=C)c(C)c2ccccc12. The minimum Gasteiger partial charge on any atom is -0.422 e. The molecule has 2 rings (SSSR count). The number of allylic oxidation sites excluding steroid dienone is 1. The van der Waals surface area contributed by atoms with Crippen LogP contribution in [0.25, 0.3) is 10.8 Å². The molecular formula is C19H26B2N2O2. The molecule has 0 spiro atoms. The second-order valence-electron chi connectivity index (χ2n) is 5.93. The predicted molar refractivity (Wildman–Crippen MR) is 111 cm³/mol. The first-order valence-corrected chi connectivity index (χ1v) is 8.47. The molecule has 0 aliphatic carbocycles. The summed E-state index contributed by atoms with van der Waals surface area (Å²) in [5, 5.41) is 2.38. The number of hydrogen-bond acceptors (Lipinski definition) is 4. The van der Waals surface area contributed by atoms with Gasteiger partial charge in [0.25, 0.3) is 0 Å². The van der Waals surface area contributed by atoms with Crippen molar-refractivity contribution in [1.82, 2.24) is 0 Å². The Morgan fingerprint density at radius 2 is 1.96 bits per heavy atom. The predicted octanol–water partition coefficient (Wildman–Crippen LogP) is 2.37. The maximum Gasteiger partial charge on any atom is 0.396 e. The van der Waals surface area contributed by atoms with Crippen LogP contribution in [0, 0.1) is 6.92 Å². The topological polar surface area (TPSA) is 47.7 Å². The first-order valence-electron chi connectivity index (χ1n) is 8.47. The fourth-order valence-corrected chi connectivity index (χ4v) is 3.21. The Balaban J connectivity index is 2.68. The van der Waals surface area contributed by atoms with Gasteiger partial charge in [0.1, 0.15) is 0 Å². The molecule has 0 aliphatic heterocycles. The maximum atomic E-state index is 5.81. The second kappa shape index (κ2) is 9.47. The zero-order valence-corrected chi connectivity index (χ0v) is 15.2. The Morgan fingerprint density at radius 3 is 2.56 bits per heavy atom. The van der Waals surface area contributed by atoms with E-state index in [2.05, 4.69) is 55.2 Å². The Kier molecular flexibility index (Phi) is 7.31. The van der Waals surface area contributed by atoms with E-state index in [1.165, 1.54) is 16.3 Å². The average Bonchev–Trinajstić information content (AvgIpc) is 2.62. The van der Waals surface area contributed by atoms with Crippen molar-refractivity contribution >= 4 is 36.5 Å². The van der Waals surface area contributed by atoms with Crippen LogP contribution in [-0.2, 0) is 9.31 Å². The van der Waals surface area contributed by atoms with Gasteiger partial charge < -0.3 is 19.9 Å². The maximum absolute atomic E-state index is 5.81. The van der Waals surface area contributed by atoms with Crippen LogP contribution in [-0.4, -0.2) is 34.9 Å². The standard InChI is InChI=1S/C19H26B2N2O2/c1-5-11-21(25-14-22)18-13-19(23(12-6-2)20-24-4)15(3)16-9-7-8-10-17(16)18/h5-10,13,20H,1-2,11-12,14,22H2,3-4H3. The lowest BCUT2D eigenvalue weighted by molar-refractivity contribution is 0.341. The summed E-state index contributed by atoms with van der Waals surface area (Å²) < 4.78 is 11.2. The average molecular weight is 336 g/mol. The third kappa shape index (κ3) is 4.34. The van der Waals surface area contributed by atoms with Crippen molar-refractivity contribution in [1.29, 1.82) is 0 Å². The summed E-state index contributed by atoms with van der Waals surface area (Å²) in [6.45, 7) is 10.6. The molecule has 0 fully saturated rings. The smallest absolute Gasteiger partial charge is 0.396 e. The van der Waals surface area contributed by atoms with Gasteiger partial charge in [0.2, 0.25) is 0 Å². The highest BCUT2D eigenvalue weighted by Gasteiger charge is 2.23. The lowest BCUT2D eigenvalue weighted by atomic mass is 9.56. The number of nitrogens with two attached hydrogens (primary N) is 1. The van der Waals surface area contributed by atoms with Crippen LogP contribution >= 0.6 is 0 Å². The fourth-order valence-electron chi connectivity index (χ4n) is 3.21. The van der Waals surface area contributed by atoms with Crippen molar-refractivity contribution in [3.63, 3.8) is 0 Å². The van der Waals surface area contributed by atoms with E-state index < -0.39 is 0 Å². The molecule has 25 heavy (non-hydrogen) atoms. The number of fused-ring (bicyclic) bond motifs is 1. The number of hydrogen-bond donors (Lipinski definition) is 1. The molecule has 0 heterocycles. The Bertz CT molecular complexity index is 737. The van der Waals surface area contributed by atoms with Crippen LogP contribution in [0.4, 0.5) is 5.69 Å². The molecule has 0 atom stereocenters.